The number of nitrogens with one attached hydrogen (secondary N) is 1. The molecule has 0 amide bonds. The zero-order valence-corrected chi connectivity index (χ0v) is 9.16. The van der Waals surface area contributed by atoms with Crippen molar-refractivity contribution in [3.8, 4) is 0 Å². The molecule has 1 N–H and O–H groups in total. The van der Waals surface area contributed by atoms with E-state index < -0.39 is 0 Å². The molecule has 2 aromatic heterocycles. The van der Waals surface area contributed by atoms with Crippen LogP contribution in [0.15, 0.2) is 18.3 Å². The first-order valence-electron chi connectivity index (χ1n) is 5.70. The maximum absolute atomic E-state index is 4.44. The maximum atomic E-state index is 4.44. The highest BCUT2D eigenvalue weighted by Gasteiger charge is 2.01. The predicted octanol–water partition coefficient (Wildman–Crippen LogP) is 3.08. The van der Waals surface area contributed by atoms with Gasteiger partial charge in [-0.1, -0.05) is 26.2 Å². The van der Waals surface area contributed by atoms with E-state index in [1.807, 2.05) is 12.1 Å². The first-order valence-corrected chi connectivity index (χ1v) is 5.70. The Morgan fingerprint density at radius 1 is 1.27 bits per heavy atom. The summed E-state index contributed by atoms with van der Waals surface area (Å²) in [5.74, 6) is 1.07. The minimum absolute atomic E-state index is 0.836. The van der Waals surface area contributed by atoms with E-state index in [9.17, 15) is 0 Å². The smallest absolute Gasteiger partial charge is 0.177 e. The van der Waals surface area contributed by atoms with E-state index in [2.05, 4.69) is 21.9 Å². The lowest BCUT2D eigenvalue weighted by Crippen LogP contribution is -1.88. The van der Waals surface area contributed by atoms with Gasteiger partial charge in [0.15, 0.2) is 5.65 Å². The molecule has 0 aliphatic rings. The Kier molecular flexibility index (Phi) is 3.33. The van der Waals surface area contributed by atoms with Crippen molar-refractivity contribution in [3.63, 3.8) is 0 Å². The Morgan fingerprint density at radius 3 is 3.00 bits per heavy atom. The summed E-state index contributed by atoms with van der Waals surface area (Å²) in [6, 6.07) is 3.95. The molecular weight excluding hydrogens is 186 g/mol. The predicted molar refractivity (Wildman–Crippen MR) is 61.7 cm³/mol. The average Bonchev–Trinajstić information content (AvgIpc) is 2.67. The molecular formula is C12H17N3. The molecule has 2 heterocycles. The van der Waals surface area contributed by atoms with E-state index in [1.165, 1.54) is 25.7 Å². The third-order valence-corrected chi connectivity index (χ3v) is 2.57. The van der Waals surface area contributed by atoms with E-state index >= 15 is 0 Å². The Morgan fingerprint density at radius 2 is 2.20 bits per heavy atom. The highest BCUT2D eigenvalue weighted by Crippen LogP contribution is 2.10. The van der Waals surface area contributed by atoms with Crippen molar-refractivity contribution in [2.24, 2.45) is 0 Å². The first kappa shape index (κ1) is 10.1. The number of H-pyrrole nitrogens is 1. The van der Waals surface area contributed by atoms with Gasteiger partial charge in [-0.25, -0.2) is 9.97 Å². The summed E-state index contributed by atoms with van der Waals surface area (Å²) in [5, 5.41) is 0. The number of imidazole rings is 1. The molecule has 0 spiro atoms. The normalized spacial score (nSPS) is 11.0. The van der Waals surface area contributed by atoms with Crippen molar-refractivity contribution in [1.82, 2.24) is 15.0 Å². The van der Waals surface area contributed by atoms with Gasteiger partial charge >= 0.3 is 0 Å². The molecule has 0 fully saturated rings. The van der Waals surface area contributed by atoms with Crippen molar-refractivity contribution in [2.75, 3.05) is 0 Å². The number of nitrogens with zero attached hydrogens (tertiary/aromatic N) is 2. The zero-order chi connectivity index (χ0) is 10.5. The highest BCUT2D eigenvalue weighted by molar-refractivity contribution is 5.69. The number of unbranched alkanes of at least 4 members (excludes halogenated alkanes) is 3. The van der Waals surface area contributed by atoms with Crippen molar-refractivity contribution >= 4 is 11.2 Å². The van der Waals surface area contributed by atoms with Gasteiger partial charge in [-0.05, 0) is 18.6 Å². The Balaban J connectivity index is 1.97. The summed E-state index contributed by atoms with van der Waals surface area (Å²) in [5.41, 5.74) is 1.88. The molecule has 2 rings (SSSR count). The molecule has 0 saturated heterocycles. The molecule has 0 aliphatic heterocycles. The van der Waals surface area contributed by atoms with E-state index in [1.54, 1.807) is 6.20 Å². The van der Waals surface area contributed by atoms with Gasteiger partial charge in [0.25, 0.3) is 0 Å². The fraction of sp³-hybridized carbons (Fsp3) is 0.500. The summed E-state index contributed by atoms with van der Waals surface area (Å²) >= 11 is 0. The molecule has 0 saturated carbocycles. The number of pyridine rings is 1. The van der Waals surface area contributed by atoms with Crippen LogP contribution in [-0.4, -0.2) is 15.0 Å². The van der Waals surface area contributed by atoms with Gasteiger partial charge in [-0.2, -0.15) is 0 Å². The summed E-state index contributed by atoms with van der Waals surface area (Å²) < 4.78 is 0. The molecule has 2 aromatic rings. The molecule has 3 heteroatoms. The molecule has 0 aromatic carbocycles. The van der Waals surface area contributed by atoms with E-state index in [0.717, 1.165) is 23.4 Å². The molecule has 15 heavy (non-hydrogen) atoms. The summed E-state index contributed by atoms with van der Waals surface area (Å²) in [4.78, 5) is 11.9. The summed E-state index contributed by atoms with van der Waals surface area (Å²) in [7, 11) is 0. The minimum atomic E-state index is 0.836. The second-order valence-electron chi connectivity index (χ2n) is 3.87. The van der Waals surface area contributed by atoms with Gasteiger partial charge < -0.3 is 4.98 Å². The van der Waals surface area contributed by atoms with Gasteiger partial charge in [-0.3, -0.25) is 0 Å². The van der Waals surface area contributed by atoms with Crippen LogP contribution in [0.2, 0.25) is 0 Å². The van der Waals surface area contributed by atoms with E-state index in [0.29, 0.717) is 0 Å². The van der Waals surface area contributed by atoms with Gasteiger partial charge in [0, 0.05) is 12.6 Å². The number of hydrogen-bond donors (Lipinski definition) is 1. The molecule has 0 unspecified atom stereocenters. The lowest BCUT2D eigenvalue weighted by molar-refractivity contribution is 0.656. The first-order chi connectivity index (χ1) is 7.40. The molecule has 3 nitrogen and oxygen atoms in total. The number of hydrogen-bond acceptors (Lipinski definition) is 2. The lowest BCUT2D eigenvalue weighted by atomic mass is 10.1. The quantitative estimate of drug-likeness (QED) is 0.759. The molecule has 0 aliphatic carbocycles. The monoisotopic (exact) mass is 203 g/mol. The third kappa shape index (κ3) is 2.55. The van der Waals surface area contributed by atoms with Gasteiger partial charge in [-0.15, -0.1) is 0 Å². The maximum Gasteiger partial charge on any atom is 0.177 e. The Hall–Kier alpha value is -1.38. The van der Waals surface area contributed by atoms with Crippen LogP contribution in [0.4, 0.5) is 0 Å². The van der Waals surface area contributed by atoms with Crippen molar-refractivity contribution in [1.29, 1.82) is 0 Å². The van der Waals surface area contributed by atoms with E-state index in [4.69, 9.17) is 0 Å². The van der Waals surface area contributed by atoms with Gasteiger partial charge in [0.05, 0.1) is 5.52 Å². The second kappa shape index (κ2) is 4.91. The van der Waals surface area contributed by atoms with Crippen LogP contribution in [0.5, 0.6) is 0 Å². The minimum Gasteiger partial charge on any atom is -0.341 e. The molecule has 0 atom stereocenters. The number of aromatic nitrogens is 3. The van der Waals surface area contributed by atoms with E-state index in [-0.39, 0.29) is 0 Å². The number of fused-ring (bicyclic) bond motifs is 1. The molecule has 0 bridgehead atoms. The topological polar surface area (TPSA) is 41.6 Å². The van der Waals surface area contributed by atoms with Crippen LogP contribution >= 0.6 is 0 Å². The third-order valence-electron chi connectivity index (χ3n) is 2.57. The highest BCUT2D eigenvalue weighted by atomic mass is 15.0. The van der Waals surface area contributed by atoms with Crippen LogP contribution in [0.1, 0.15) is 38.4 Å². The molecule has 0 radical (unpaired) electrons. The number of aryl methyl sites for hydroxylation is 1. The fourth-order valence-corrected chi connectivity index (χ4v) is 1.73. The molecule has 80 valence electrons. The zero-order valence-electron chi connectivity index (χ0n) is 9.16. The lowest BCUT2D eigenvalue weighted by Gasteiger charge is -1.95. The summed E-state index contributed by atoms with van der Waals surface area (Å²) in [6.45, 7) is 2.23. The van der Waals surface area contributed by atoms with Crippen LogP contribution in [0.25, 0.3) is 11.2 Å². The van der Waals surface area contributed by atoms with Crippen molar-refractivity contribution in [2.45, 2.75) is 39.0 Å². The average molecular weight is 203 g/mol. The largest absolute Gasteiger partial charge is 0.341 e. The number of rotatable bonds is 5. The second-order valence-corrected chi connectivity index (χ2v) is 3.87. The van der Waals surface area contributed by atoms with Crippen molar-refractivity contribution < 1.29 is 0 Å². The van der Waals surface area contributed by atoms with Crippen LogP contribution < -0.4 is 0 Å². The van der Waals surface area contributed by atoms with Crippen LogP contribution in [0, 0.1) is 0 Å². The Bertz CT molecular complexity index is 386. The van der Waals surface area contributed by atoms with Crippen LogP contribution in [-0.2, 0) is 6.42 Å². The van der Waals surface area contributed by atoms with Crippen LogP contribution in [0.3, 0.4) is 0 Å². The summed E-state index contributed by atoms with van der Waals surface area (Å²) in [6.07, 6.45) is 7.93. The Labute approximate surface area is 90.0 Å². The van der Waals surface area contributed by atoms with Gasteiger partial charge in [0.2, 0.25) is 0 Å². The fourth-order valence-electron chi connectivity index (χ4n) is 1.73. The van der Waals surface area contributed by atoms with Gasteiger partial charge in [0.1, 0.15) is 5.82 Å². The van der Waals surface area contributed by atoms with Crippen molar-refractivity contribution in [3.05, 3.63) is 24.2 Å². The SMILES string of the molecule is CCCCCCc1nc2ncccc2[nH]1. The number of aromatic amines is 1. The standard InChI is InChI=1S/C12H17N3/c1-2-3-4-5-8-11-14-10-7-6-9-13-12(10)15-11/h6-7,9H,2-5,8H2,1H3,(H,13,14,15).